The fourth-order valence-electron chi connectivity index (χ4n) is 2.48. The molecule has 20 heavy (non-hydrogen) atoms. The van der Waals surface area contributed by atoms with Gasteiger partial charge in [0.15, 0.2) is 0 Å². The lowest BCUT2D eigenvalue weighted by atomic mass is 9.93. The topological polar surface area (TPSA) is 24.9 Å². The highest BCUT2D eigenvalue weighted by molar-refractivity contribution is 6.29. The van der Waals surface area contributed by atoms with Crippen molar-refractivity contribution in [3.63, 3.8) is 0 Å². The van der Waals surface area contributed by atoms with Gasteiger partial charge in [-0.1, -0.05) is 49.6 Å². The number of allylic oxidation sites excluding steroid dienone is 2. The summed E-state index contributed by atoms with van der Waals surface area (Å²) in [6.45, 7) is 6.31. The Bertz CT molecular complexity index is 518. The van der Waals surface area contributed by atoms with Gasteiger partial charge in [-0.25, -0.2) is 4.98 Å². The number of unbranched alkanes of at least 4 members (excludes halogenated alkanes) is 2. The van der Waals surface area contributed by atoms with Crippen LogP contribution < -0.4 is 5.32 Å². The first-order valence-corrected chi connectivity index (χ1v) is 7.84. The Labute approximate surface area is 126 Å². The number of halogens is 1. The zero-order valence-electron chi connectivity index (χ0n) is 12.4. The number of pyridine rings is 1. The summed E-state index contributed by atoms with van der Waals surface area (Å²) in [5.74, 6) is 0. The van der Waals surface area contributed by atoms with Crippen molar-refractivity contribution >= 4 is 17.2 Å². The summed E-state index contributed by atoms with van der Waals surface area (Å²) >= 11 is 6.09. The molecule has 1 aromatic heterocycles. The van der Waals surface area contributed by atoms with Gasteiger partial charge in [0.05, 0.1) is 5.69 Å². The molecule has 3 heteroatoms. The first-order valence-electron chi connectivity index (χ1n) is 7.46. The van der Waals surface area contributed by atoms with Crippen molar-refractivity contribution in [2.45, 2.75) is 39.5 Å². The van der Waals surface area contributed by atoms with Gasteiger partial charge in [0, 0.05) is 6.54 Å². The van der Waals surface area contributed by atoms with Gasteiger partial charge in [0.2, 0.25) is 0 Å². The maximum absolute atomic E-state index is 6.09. The first-order chi connectivity index (χ1) is 9.72. The number of nitrogens with one attached hydrogen (secondary N) is 1. The molecule has 108 valence electrons. The molecule has 0 fully saturated rings. The van der Waals surface area contributed by atoms with E-state index in [1.807, 2.05) is 6.07 Å². The number of hydrogen-bond acceptors (Lipinski definition) is 2. The van der Waals surface area contributed by atoms with Crippen LogP contribution in [0.25, 0.3) is 5.57 Å². The summed E-state index contributed by atoms with van der Waals surface area (Å²) in [4.78, 5) is 4.56. The van der Waals surface area contributed by atoms with Crippen LogP contribution in [0, 0.1) is 6.92 Å². The van der Waals surface area contributed by atoms with E-state index in [0.29, 0.717) is 5.15 Å². The predicted molar refractivity (Wildman–Crippen MR) is 87.1 cm³/mol. The van der Waals surface area contributed by atoms with E-state index in [9.17, 15) is 0 Å². The van der Waals surface area contributed by atoms with Gasteiger partial charge in [-0.15, -0.1) is 0 Å². The molecular weight excluding hydrogens is 268 g/mol. The van der Waals surface area contributed by atoms with Crippen molar-refractivity contribution in [1.82, 2.24) is 10.3 Å². The number of aromatic nitrogens is 1. The fourth-order valence-corrected chi connectivity index (χ4v) is 2.62. The van der Waals surface area contributed by atoms with Gasteiger partial charge >= 0.3 is 0 Å². The molecule has 2 nitrogen and oxygen atoms in total. The van der Waals surface area contributed by atoms with Crippen LogP contribution in [-0.2, 0) is 0 Å². The Balaban J connectivity index is 2.37. The highest BCUT2D eigenvalue weighted by Gasteiger charge is 2.14. The predicted octanol–water partition coefficient (Wildman–Crippen LogP) is 4.54. The van der Waals surface area contributed by atoms with Crippen LogP contribution in [0.4, 0.5) is 0 Å². The van der Waals surface area contributed by atoms with E-state index < -0.39 is 0 Å². The zero-order chi connectivity index (χ0) is 14.4. The second kappa shape index (κ2) is 7.61. The summed E-state index contributed by atoms with van der Waals surface area (Å²) < 4.78 is 0. The van der Waals surface area contributed by atoms with E-state index >= 15 is 0 Å². The lowest BCUT2D eigenvalue weighted by Crippen LogP contribution is -2.21. The van der Waals surface area contributed by atoms with Crippen molar-refractivity contribution in [3.05, 3.63) is 46.3 Å². The van der Waals surface area contributed by atoms with Crippen LogP contribution >= 0.6 is 11.6 Å². The third kappa shape index (κ3) is 3.94. The van der Waals surface area contributed by atoms with Crippen molar-refractivity contribution < 1.29 is 0 Å². The summed E-state index contributed by atoms with van der Waals surface area (Å²) in [6, 6.07) is 3.92. The van der Waals surface area contributed by atoms with Crippen LogP contribution in [0.15, 0.2) is 29.9 Å². The van der Waals surface area contributed by atoms with Crippen molar-refractivity contribution in [1.29, 1.82) is 0 Å². The molecule has 0 amide bonds. The largest absolute Gasteiger partial charge is 0.313 e. The lowest BCUT2D eigenvalue weighted by molar-refractivity contribution is 0.713. The monoisotopic (exact) mass is 290 g/mol. The Morgan fingerprint density at radius 1 is 1.45 bits per heavy atom. The maximum atomic E-state index is 6.09. The van der Waals surface area contributed by atoms with E-state index in [1.165, 1.54) is 29.6 Å². The van der Waals surface area contributed by atoms with Crippen LogP contribution in [0.2, 0.25) is 5.15 Å². The fraction of sp³-hybridized carbons (Fsp3) is 0.471. The third-order valence-corrected chi connectivity index (χ3v) is 3.84. The molecule has 2 rings (SSSR count). The minimum absolute atomic E-state index is 0.571. The zero-order valence-corrected chi connectivity index (χ0v) is 13.1. The van der Waals surface area contributed by atoms with Gasteiger partial charge in [-0.2, -0.15) is 0 Å². The number of hydrogen-bond donors (Lipinski definition) is 1. The van der Waals surface area contributed by atoms with E-state index in [2.05, 4.69) is 42.4 Å². The van der Waals surface area contributed by atoms with Crippen LogP contribution in [0.3, 0.4) is 0 Å². The quantitative estimate of drug-likeness (QED) is 0.636. The molecule has 0 unspecified atom stereocenters. The molecule has 0 saturated heterocycles. The van der Waals surface area contributed by atoms with E-state index in [4.69, 9.17) is 11.6 Å². The third-order valence-electron chi connectivity index (χ3n) is 3.63. The highest BCUT2D eigenvalue weighted by Crippen LogP contribution is 2.29. The smallest absolute Gasteiger partial charge is 0.129 e. The molecule has 0 aliphatic carbocycles. The summed E-state index contributed by atoms with van der Waals surface area (Å²) in [5, 5.41) is 3.94. The van der Waals surface area contributed by atoms with Crippen molar-refractivity contribution in [3.8, 4) is 0 Å². The molecule has 1 aliphatic heterocycles. The van der Waals surface area contributed by atoms with E-state index in [1.54, 1.807) is 0 Å². The van der Waals surface area contributed by atoms with Crippen molar-refractivity contribution in [2.75, 3.05) is 13.1 Å². The van der Waals surface area contributed by atoms with Gasteiger partial charge in [-0.05, 0) is 49.1 Å². The SMILES string of the molecule is CCCC/C=C(/C1=CCNCC1)c1nc(Cl)ccc1C. The van der Waals surface area contributed by atoms with E-state index in [0.717, 1.165) is 31.6 Å². The van der Waals surface area contributed by atoms with Crippen LogP contribution in [0.1, 0.15) is 43.9 Å². The van der Waals surface area contributed by atoms with Gasteiger partial charge < -0.3 is 5.32 Å². The molecule has 0 aromatic carbocycles. The van der Waals surface area contributed by atoms with E-state index in [-0.39, 0.29) is 0 Å². The molecular formula is C17H23ClN2. The lowest BCUT2D eigenvalue weighted by Gasteiger charge is -2.18. The maximum Gasteiger partial charge on any atom is 0.129 e. The average Bonchev–Trinajstić information content (AvgIpc) is 2.48. The molecule has 0 bridgehead atoms. The Morgan fingerprint density at radius 3 is 3.00 bits per heavy atom. The first kappa shape index (κ1) is 15.3. The molecule has 0 saturated carbocycles. The minimum atomic E-state index is 0.571. The van der Waals surface area contributed by atoms with Gasteiger partial charge in [0.1, 0.15) is 5.15 Å². The Morgan fingerprint density at radius 2 is 2.30 bits per heavy atom. The number of nitrogens with zero attached hydrogens (tertiary/aromatic N) is 1. The Hall–Kier alpha value is -1.12. The van der Waals surface area contributed by atoms with Crippen LogP contribution in [-0.4, -0.2) is 18.1 Å². The molecule has 1 aromatic rings. The van der Waals surface area contributed by atoms with Crippen LogP contribution in [0.5, 0.6) is 0 Å². The summed E-state index contributed by atoms with van der Waals surface area (Å²) in [5.41, 5.74) is 4.91. The standard InChI is InChI=1S/C17H23ClN2/c1-3-4-5-6-15(14-9-11-19-12-10-14)17-13(2)7-8-16(18)20-17/h6-9,19H,3-5,10-12H2,1-2H3/b15-6-. The number of rotatable bonds is 5. The molecule has 0 radical (unpaired) electrons. The molecule has 2 heterocycles. The van der Waals surface area contributed by atoms with Gasteiger partial charge in [-0.3, -0.25) is 0 Å². The molecule has 1 aliphatic rings. The second-order valence-corrected chi connectivity index (χ2v) is 5.63. The summed E-state index contributed by atoms with van der Waals surface area (Å²) in [6.07, 6.45) is 9.21. The van der Waals surface area contributed by atoms with Gasteiger partial charge in [0.25, 0.3) is 0 Å². The summed E-state index contributed by atoms with van der Waals surface area (Å²) in [7, 11) is 0. The molecule has 0 spiro atoms. The Kier molecular flexibility index (Phi) is 5.81. The number of aryl methyl sites for hydroxylation is 1. The average molecular weight is 291 g/mol. The minimum Gasteiger partial charge on any atom is -0.313 e. The van der Waals surface area contributed by atoms with Crippen molar-refractivity contribution in [2.24, 2.45) is 0 Å². The molecule has 0 atom stereocenters. The molecule has 1 N–H and O–H groups in total. The second-order valence-electron chi connectivity index (χ2n) is 5.24. The normalized spacial score (nSPS) is 16.1. The highest BCUT2D eigenvalue weighted by atomic mass is 35.5.